The number of esters is 1. The van der Waals surface area contributed by atoms with E-state index in [0.717, 1.165) is 0 Å². The van der Waals surface area contributed by atoms with Crippen molar-refractivity contribution in [3.63, 3.8) is 0 Å². The minimum Gasteiger partial charge on any atom is -0.462 e. The molecule has 0 radical (unpaired) electrons. The Labute approximate surface area is 159 Å². The monoisotopic (exact) mass is 398 g/mol. The van der Waals surface area contributed by atoms with Crippen molar-refractivity contribution in [2.45, 2.75) is 38.6 Å². The van der Waals surface area contributed by atoms with E-state index in [0.29, 0.717) is 17.5 Å². The van der Waals surface area contributed by atoms with Crippen molar-refractivity contribution < 1.29 is 33.0 Å². The molecule has 1 fully saturated rings. The van der Waals surface area contributed by atoms with Crippen LogP contribution in [0.25, 0.3) is 0 Å². The van der Waals surface area contributed by atoms with E-state index in [1.54, 1.807) is 50.3 Å². The Morgan fingerprint density at radius 1 is 1.26 bits per heavy atom. The molecule has 150 valence electrons. The van der Waals surface area contributed by atoms with Crippen LogP contribution in [0.15, 0.2) is 36.4 Å². The van der Waals surface area contributed by atoms with Gasteiger partial charge in [0.1, 0.15) is 6.10 Å². The Bertz CT molecular complexity index is 678. The highest BCUT2D eigenvalue weighted by molar-refractivity contribution is 7.53. The van der Waals surface area contributed by atoms with Gasteiger partial charge in [-0.15, -0.1) is 0 Å². The molecule has 2 rings (SSSR count). The standard InChI is InChI=1S/C19H27O7P/c1-3-24-27(22,25-4-2)14-15-8-5-6-9-16(15)19(21)23-13-11-18-17(26-18)10-7-12-20/h5-10,17-18,20H,3-4,11-14H2,1-2H3/b10-7-/t17-,18+/m0/s1. The second-order valence-corrected chi connectivity index (χ2v) is 7.99. The normalized spacial score (nSPS) is 19.4. The number of aliphatic hydroxyl groups is 1. The molecule has 0 saturated carbocycles. The zero-order valence-corrected chi connectivity index (χ0v) is 16.6. The third-order valence-electron chi connectivity index (χ3n) is 3.94. The second kappa shape index (κ2) is 10.7. The number of epoxide rings is 1. The molecule has 0 aromatic heterocycles. The Kier molecular flexibility index (Phi) is 8.67. The first-order valence-corrected chi connectivity index (χ1v) is 10.8. The van der Waals surface area contributed by atoms with Crippen LogP contribution in [0, 0.1) is 0 Å². The smallest absolute Gasteiger partial charge is 0.338 e. The fourth-order valence-electron chi connectivity index (χ4n) is 2.69. The number of carbonyl (C=O) groups excluding carboxylic acids is 1. The molecule has 7 nitrogen and oxygen atoms in total. The van der Waals surface area contributed by atoms with Crippen LogP contribution in [0.1, 0.15) is 36.2 Å². The van der Waals surface area contributed by atoms with E-state index < -0.39 is 13.6 Å². The Hall–Kier alpha value is -1.50. The highest BCUT2D eigenvalue weighted by atomic mass is 31.2. The van der Waals surface area contributed by atoms with E-state index in [1.165, 1.54) is 0 Å². The van der Waals surface area contributed by atoms with Gasteiger partial charge in [-0.1, -0.05) is 30.4 Å². The molecular weight excluding hydrogens is 371 g/mol. The van der Waals surface area contributed by atoms with Crippen LogP contribution in [0.3, 0.4) is 0 Å². The van der Waals surface area contributed by atoms with Crippen molar-refractivity contribution in [2.75, 3.05) is 26.4 Å². The Morgan fingerprint density at radius 2 is 1.96 bits per heavy atom. The van der Waals surface area contributed by atoms with E-state index in [-0.39, 0.29) is 44.8 Å². The summed E-state index contributed by atoms with van der Waals surface area (Å²) < 4.78 is 34.1. The highest BCUT2D eigenvalue weighted by Gasteiger charge is 2.36. The predicted molar refractivity (Wildman–Crippen MR) is 101 cm³/mol. The molecule has 0 unspecified atom stereocenters. The fraction of sp³-hybridized carbons (Fsp3) is 0.526. The first-order valence-electron chi connectivity index (χ1n) is 9.09. The number of hydrogen-bond donors (Lipinski definition) is 1. The van der Waals surface area contributed by atoms with Crippen molar-refractivity contribution in [1.29, 1.82) is 0 Å². The lowest BCUT2D eigenvalue weighted by Crippen LogP contribution is -2.11. The number of benzene rings is 1. The lowest BCUT2D eigenvalue weighted by molar-refractivity contribution is 0.0492. The van der Waals surface area contributed by atoms with E-state index in [2.05, 4.69) is 0 Å². The first-order chi connectivity index (χ1) is 13.0. The van der Waals surface area contributed by atoms with Crippen molar-refractivity contribution in [3.05, 3.63) is 47.5 Å². The van der Waals surface area contributed by atoms with Gasteiger partial charge in [-0.2, -0.15) is 0 Å². The number of rotatable bonds is 12. The zero-order chi connectivity index (χ0) is 19.7. The average molecular weight is 398 g/mol. The van der Waals surface area contributed by atoms with Crippen LogP contribution < -0.4 is 0 Å². The number of ether oxygens (including phenoxy) is 2. The summed E-state index contributed by atoms with van der Waals surface area (Å²) in [4.78, 5) is 12.4. The molecule has 1 heterocycles. The van der Waals surface area contributed by atoms with Gasteiger partial charge < -0.3 is 23.6 Å². The van der Waals surface area contributed by atoms with E-state index >= 15 is 0 Å². The molecule has 0 aliphatic carbocycles. The summed E-state index contributed by atoms with van der Waals surface area (Å²) in [5.41, 5.74) is 0.921. The van der Waals surface area contributed by atoms with Gasteiger partial charge in [0.15, 0.2) is 0 Å². The Balaban J connectivity index is 1.93. The van der Waals surface area contributed by atoms with Gasteiger partial charge in [0.05, 0.1) is 44.3 Å². The first kappa shape index (κ1) is 21.8. The summed E-state index contributed by atoms with van der Waals surface area (Å²) in [5.74, 6) is -0.478. The summed E-state index contributed by atoms with van der Waals surface area (Å²) >= 11 is 0. The van der Waals surface area contributed by atoms with Crippen LogP contribution in [-0.4, -0.2) is 49.7 Å². The Morgan fingerprint density at radius 3 is 2.63 bits per heavy atom. The SMILES string of the molecule is CCOP(=O)(Cc1ccccc1C(=O)OCC[C@H]1O[C@H]1/C=C\CO)OCC. The summed E-state index contributed by atoms with van der Waals surface area (Å²) in [6.07, 6.45) is 3.99. The molecule has 1 N–H and O–H groups in total. The maximum absolute atomic E-state index is 12.8. The summed E-state index contributed by atoms with van der Waals surface area (Å²) in [7, 11) is -3.31. The number of carbonyl (C=O) groups is 1. The van der Waals surface area contributed by atoms with Crippen molar-refractivity contribution in [2.24, 2.45) is 0 Å². The van der Waals surface area contributed by atoms with Crippen LogP contribution in [0.2, 0.25) is 0 Å². The minimum absolute atomic E-state index is 0.00645. The van der Waals surface area contributed by atoms with Crippen molar-refractivity contribution in [3.8, 4) is 0 Å². The van der Waals surface area contributed by atoms with Gasteiger partial charge in [0.25, 0.3) is 0 Å². The molecule has 8 heteroatoms. The zero-order valence-electron chi connectivity index (χ0n) is 15.7. The number of hydrogen-bond acceptors (Lipinski definition) is 7. The van der Waals surface area contributed by atoms with Crippen LogP contribution >= 0.6 is 7.60 Å². The van der Waals surface area contributed by atoms with Gasteiger partial charge >= 0.3 is 13.6 Å². The van der Waals surface area contributed by atoms with Crippen LogP contribution in [-0.2, 0) is 29.2 Å². The molecule has 0 spiro atoms. The van der Waals surface area contributed by atoms with Gasteiger partial charge in [-0.3, -0.25) is 4.57 Å². The van der Waals surface area contributed by atoms with E-state index in [1.807, 2.05) is 0 Å². The molecule has 1 aliphatic rings. The van der Waals surface area contributed by atoms with Gasteiger partial charge in [-0.05, 0) is 25.5 Å². The maximum Gasteiger partial charge on any atom is 0.338 e. The number of aliphatic hydroxyl groups excluding tert-OH is 1. The fourth-order valence-corrected chi connectivity index (χ4v) is 4.42. The molecule has 1 aliphatic heterocycles. The van der Waals surface area contributed by atoms with Crippen LogP contribution in [0.5, 0.6) is 0 Å². The molecule has 1 aromatic carbocycles. The molecule has 1 saturated heterocycles. The molecule has 2 atom stereocenters. The average Bonchev–Trinajstić information content (AvgIpc) is 3.38. The van der Waals surface area contributed by atoms with Gasteiger partial charge in [-0.25, -0.2) is 4.79 Å². The summed E-state index contributed by atoms with van der Waals surface area (Å²) in [6, 6.07) is 6.86. The third-order valence-corrected chi connectivity index (χ3v) is 5.97. The second-order valence-electron chi connectivity index (χ2n) is 5.94. The predicted octanol–water partition coefficient (Wildman–Crippen LogP) is 3.32. The largest absolute Gasteiger partial charge is 0.462 e. The van der Waals surface area contributed by atoms with Crippen molar-refractivity contribution in [1.82, 2.24) is 0 Å². The highest BCUT2D eigenvalue weighted by Crippen LogP contribution is 2.51. The van der Waals surface area contributed by atoms with E-state index in [4.69, 9.17) is 23.6 Å². The maximum atomic E-state index is 12.8. The third kappa shape index (κ3) is 6.87. The van der Waals surface area contributed by atoms with Gasteiger partial charge in [0.2, 0.25) is 0 Å². The minimum atomic E-state index is -3.31. The lowest BCUT2D eigenvalue weighted by Gasteiger charge is -2.18. The topological polar surface area (TPSA) is 94.6 Å². The van der Waals surface area contributed by atoms with Crippen LogP contribution in [0.4, 0.5) is 0 Å². The summed E-state index contributed by atoms with van der Waals surface area (Å²) in [5, 5.41) is 8.73. The molecule has 1 aromatic rings. The van der Waals surface area contributed by atoms with Gasteiger partial charge in [0, 0.05) is 6.42 Å². The molecule has 0 bridgehead atoms. The summed E-state index contributed by atoms with van der Waals surface area (Å²) in [6.45, 7) is 4.21. The molecular formula is C19H27O7P. The quantitative estimate of drug-likeness (QED) is 0.250. The van der Waals surface area contributed by atoms with Crippen molar-refractivity contribution >= 4 is 13.6 Å². The lowest BCUT2D eigenvalue weighted by atomic mass is 10.1. The van der Waals surface area contributed by atoms with E-state index in [9.17, 15) is 9.36 Å². The molecule has 0 amide bonds. The molecule has 27 heavy (non-hydrogen) atoms.